The smallest absolute Gasteiger partial charge is 0.227 e. The Bertz CT molecular complexity index is 1320. The minimum atomic E-state index is -0.450. The Morgan fingerprint density at radius 2 is 1.73 bits per heavy atom. The first-order valence-corrected chi connectivity index (χ1v) is 11.2. The van der Waals surface area contributed by atoms with Crippen molar-refractivity contribution in [1.29, 1.82) is 0 Å². The summed E-state index contributed by atoms with van der Waals surface area (Å²) in [6.45, 7) is 0.330. The van der Waals surface area contributed by atoms with E-state index in [1.54, 1.807) is 29.2 Å². The molecule has 0 radical (unpaired) electrons. The molecule has 1 aliphatic rings. The molecule has 1 aliphatic heterocycles. The minimum absolute atomic E-state index is 0.0727. The van der Waals surface area contributed by atoms with Crippen molar-refractivity contribution in [3.05, 3.63) is 95.3 Å². The number of hydrogen-bond donors (Lipinski definition) is 1. The van der Waals surface area contributed by atoms with Crippen LogP contribution in [0.5, 0.6) is 0 Å². The maximum absolute atomic E-state index is 13.4. The molecule has 1 fully saturated rings. The van der Waals surface area contributed by atoms with Crippen LogP contribution in [0.1, 0.15) is 23.9 Å². The molecule has 0 aliphatic carbocycles. The van der Waals surface area contributed by atoms with Crippen LogP contribution >= 0.6 is 11.6 Å². The van der Waals surface area contributed by atoms with E-state index in [0.29, 0.717) is 11.6 Å². The van der Waals surface area contributed by atoms with E-state index in [2.05, 4.69) is 5.32 Å². The van der Waals surface area contributed by atoms with Crippen LogP contribution in [-0.4, -0.2) is 27.9 Å². The summed E-state index contributed by atoms with van der Waals surface area (Å²) in [5.74, 6) is 0.0564. The number of benzene rings is 3. The quantitative estimate of drug-likeness (QED) is 0.479. The zero-order valence-electron chi connectivity index (χ0n) is 18.1. The van der Waals surface area contributed by atoms with Gasteiger partial charge in [-0.3, -0.25) is 9.59 Å². The zero-order chi connectivity index (χ0) is 22.9. The molecule has 0 bridgehead atoms. The molecule has 2 atom stereocenters. The maximum Gasteiger partial charge on any atom is 0.227 e. The standard InChI is InChI=1S/C26H23ClN4O2/c1-30-22-10-6-5-9-21(22)28-25(30)24(17-7-3-2-4-8-17)29-26(33)18-15-23(32)31(16-18)20-13-11-19(27)12-14-20/h2-14,18,24H,15-16H2,1H3,(H,29,33). The highest BCUT2D eigenvalue weighted by molar-refractivity contribution is 6.30. The monoisotopic (exact) mass is 458 g/mol. The molecule has 4 aromatic rings. The fraction of sp³-hybridized carbons (Fsp3) is 0.192. The third-order valence-electron chi connectivity index (χ3n) is 6.13. The second-order valence-electron chi connectivity index (χ2n) is 8.25. The molecular weight excluding hydrogens is 436 g/mol. The van der Waals surface area contributed by atoms with Crippen LogP contribution in [0.4, 0.5) is 5.69 Å². The Balaban J connectivity index is 1.43. The van der Waals surface area contributed by atoms with Gasteiger partial charge in [0.2, 0.25) is 11.8 Å². The molecular formula is C26H23ClN4O2. The zero-order valence-corrected chi connectivity index (χ0v) is 18.9. The molecule has 0 spiro atoms. The van der Waals surface area contributed by atoms with Crippen LogP contribution < -0.4 is 10.2 Å². The Labute approximate surface area is 196 Å². The summed E-state index contributed by atoms with van der Waals surface area (Å²) in [5, 5.41) is 3.78. The molecule has 1 saturated heterocycles. The molecule has 33 heavy (non-hydrogen) atoms. The van der Waals surface area contributed by atoms with Crippen LogP contribution in [0.2, 0.25) is 5.02 Å². The van der Waals surface area contributed by atoms with E-state index in [-0.39, 0.29) is 18.2 Å². The first kappa shape index (κ1) is 21.2. The number of amides is 2. The summed E-state index contributed by atoms with van der Waals surface area (Å²) in [5.41, 5.74) is 3.54. The van der Waals surface area contributed by atoms with Crippen molar-refractivity contribution < 1.29 is 9.59 Å². The second kappa shape index (κ2) is 8.71. The Morgan fingerprint density at radius 1 is 1.03 bits per heavy atom. The molecule has 166 valence electrons. The molecule has 7 heteroatoms. The predicted molar refractivity (Wildman–Crippen MR) is 129 cm³/mol. The summed E-state index contributed by atoms with van der Waals surface area (Å²) in [7, 11) is 1.95. The highest BCUT2D eigenvalue weighted by Gasteiger charge is 2.36. The van der Waals surface area contributed by atoms with Gasteiger partial charge in [-0.05, 0) is 42.0 Å². The van der Waals surface area contributed by atoms with Gasteiger partial charge in [-0.2, -0.15) is 0 Å². The van der Waals surface area contributed by atoms with Crippen LogP contribution in [0.3, 0.4) is 0 Å². The number of fused-ring (bicyclic) bond motifs is 1. The fourth-order valence-corrected chi connectivity index (χ4v) is 4.50. The van der Waals surface area contributed by atoms with Crippen molar-refractivity contribution in [3.8, 4) is 0 Å². The van der Waals surface area contributed by atoms with Crippen molar-refractivity contribution in [2.24, 2.45) is 13.0 Å². The number of carbonyl (C=O) groups excluding carboxylic acids is 2. The lowest BCUT2D eigenvalue weighted by molar-refractivity contribution is -0.126. The lowest BCUT2D eigenvalue weighted by atomic mass is 10.0. The minimum Gasteiger partial charge on any atom is -0.342 e. The molecule has 2 amide bonds. The average molecular weight is 459 g/mol. The van der Waals surface area contributed by atoms with Gasteiger partial charge in [0.15, 0.2) is 0 Å². The average Bonchev–Trinajstić information content (AvgIpc) is 3.39. The largest absolute Gasteiger partial charge is 0.342 e. The van der Waals surface area contributed by atoms with Gasteiger partial charge in [0.25, 0.3) is 0 Å². The Kier molecular flexibility index (Phi) is 5.60. The molecule has 3 aromatic carbocycles. The van der Waals surface area contributed by atoms with Gasteiger partial charge < -0.3 is 14.8 Å². The van der Waals surface area contributed by atoms with Crippen molar-refractivity contribution in [2.75, 3.05) is 11.4 Å². The number of anilines is 1. The van der Waals surface area contributed by atoms with E-state index >= 15 is 0 Å². The van der Waals surface area contributed by atoms with Crippen molar-refractivity contribution in [3.63, 3.8) is 0 Å². The van der Waals surface area contributed by atoms with Gasteiger partial charge in [0.05, 0.1) is 17.0 Å². The van der Waals surface area contributed by atoms with Gasteiger partial charge in [-0.25, -0.2) is 4.98 Å². The number of nitrogens with zero attached hydrogens (tertiary/aromatic N) is 3. The molecule has 1 aromatic heterocycles. The van der Waals surface area contributed by atoms with Gasteiger partial charge in [-0.1, -0.05) is 54.1 Å². The van der Waals surface area contributed by atoms with Crippen molar-refractivity contribution >= 4 is 40.1 Å². The number of halogens is 1. The highest BCUT2D eigenvalue weighted by atomic mass is 35.5. The summed E-state index contributed by atoms with van der Waals surface area (Å²) in [6, 6.07) is 24.3. The molecule has 1 N–H and O–H groups in total. The van der Waals surface area contributed by atoms with E-state index in [1.807, 2.05) is 66.2 Å². The molecule has 2 heterocycles. The van der Waals surface area contributed by atoms with E-state index in [0.717, 1.165) is 28.1 Å². The lowest BCUT2D eigenvalue weighted by Gasteiger charge is -2.21. The summed E-state index contributed by atoms with van der Waals surface area (Å²) < 4.78 is 2.01. The van der Waals surface area contributed by atoms with Gasteiger partial charge in [-0.15, -0.1) is 0 Å². The van der Waals surface area contributed by atoms with Gasteiger partial charge in [0.1, 0.15) is 11.9 Å². The predicted octanol–water partition coefficient (Wildman–Crippen LogP) is 4.49. The van der Waals surface area contributed by atoms with Crippen LogP contribution in [0.25, 0.3) is 11.0 Å². The Hall–Kier alpha value is -3.64. The SMILES string of the molecule is Cn1c(C(NC(=O)C2CC(=O)N(c3ccc(Cl)cc3)C2)c2ccccc2)nc2ccccc21. The topological polar surface area (TPSA) is 67.2 Å². The fourth-order valence-electron chi connectivity index (χ4n) is 4.38. The first-order valence-electron chi connectivity index (χ1n) is 10.8. The van der Waals surface area contributed by atoms with Crippen LogP contribution in [-0.2, 0) is 16.6 Å². The number of aromatic nitrogens is 2. The summed E-state index contributed by atoms with van der Waals surface area (Å²) in [6.07, 6.45) is 0.165. The number of hydrogen-bond acceptors (Lipinski definition) is 3. The maximum atomic E-state index is 13.4. The van der Waals surface area contributed by atoms with Gasteiger partial charge in [0, 0.05) is 30.7 Å². The van der Waals surface area contributed by atoms with Crippen LogP contribution in [0, 0.1) is 5.92 Å². The second-order valence-corrected chi connectivity index (χ2v) is 8.69. The summed E-state index contributed by atoms with van der Waals surface area (Å²) in [4.78, 5) is 32.5. The third-order valence-corrected chi connectivity index (χ3v) is 6.39. The lowest BCUT2D eigenvalue weighted by Crippen LogP contribution is -2.37. The number of para-hydroxylation sites is 2. The molecule has 5 rings (SSSR count). The first-order chi connectivity index (χ1) is 16.0. The number of carbonyl (C=O) groups is 2. The highest BCUT2D eigenvalue weighted by Crippen LogP contribution is 2.29. The number of aryl methyl sites for hydroxylation is 1. The van der Waals surface area contributed by atoms with Crippen LogP contribution in [0.15, 0.2) is 78.9 Å². The summed E-state index contributed by atoms with van der Waals surface area (Å²) >= 11 is 5.97. The van der Waals surface area contributed by atoms with Gasteiger partial charge >= 0.3 is 0 Å². The van der Waals surface area contributed by atoms with E-state index in [4.69, 9.17) is 16.6 Å². The Morgan fingerprint density at radius 3 is 2.45 bits per heavy atom. The van der Waals surface area contributed by atoms with Crippen molar-refractivity contribution in [1.82, 2.24) is 14.9 Å². The van der Waals surface area contributed by atoms with E-state index in [1.165, 1.54) is 0 Å². The number of imidazole rings is 1. The number of rotatable bonds is 5. The third kappa shape index (κ3) is 4.10. The van der Waals surface area contributed by atoms with Crippen molar-refractivity contribution in [2.45, 2.75) is 12.5 Å². The van der Waals surface area contributed by atoms with E-state index in [9.17, 15) is 9.59 Å². The molecule has 2 unspecified atom stereocenters. The molecule has 0 saturated carbocycles. The van der Waals surface area contributed by atoms with E-state index < -0.39 is 12.0 Å². The normalized spacial score (nSPS) is 16.8. The molecule has 6 nitrogen and oxygen atoms in total. The number of nitrogens with one attached hydrogen (secondary N) is 1.